The van der Waals surface area contributed by atoms with Gasteiger partial charge in [0.05, 0.1) is 17.4 Å². The number of amides is 1. The molecule has 0 unspecified atom stereocenters. The summed E-state index contributed by atoms with van der Waals surface area (Å²) in [4.78, 5) is 12.1. The summed E-state index contributed by atoms with van der Waals surface area (Å²) in [5, 5.41) is 12.2. The summed E-state index contributed by atoms with van der Waals surface area (Å²) in [6.07, 6.45) is 3.57. The van der Waals surface area contributed by atoms with Gasteiger partial charge in [-0.3, -0.25) is 4.79 Å². The average Bonchev–Trinajstić information content (AvgIpc) is 2.52. The molecule has 0 radical (unpaired) electrons. The second kappa shape index (κ2) is 8.24. The SMILES string of the molecule is C[C@@H]1[C@H](C)CCC[C@@H]1NC(=O)CSCc1ccccc1C#N. The van der Waals surface area contributed by atoms with Gasteiger partial charge < -0.3 is 5.32 Å². The van der Waals surface area contributed by atoms with E-state index in [2.05, 4.69) is 25.2 Å². The number of carbonyl (C=O) groups is 1. The van der Waals surface area contributed by atoms with Gasteiger partial charge >= 0.3 is 0 Å². The van der Waals surface area contributed by atoms with Gasteiger partial charge in [-0.25, -0.2) is 0 Å². The number of carbonyl (C=O) groups excluding carboxylic acids is 1. The molecule has 1 N–H and O–H groups in total. The summed E-state index contributed by atoms with van der Waals surface area (Å²) in [6, 6.07) is 10.1. The van der Waals surface area contributed by atoms with Gasteiger partial charge in [-0.2, -0.15) is 5.26 Å². The molecular formula is C18H24N2OS. The second-order valence-corrected chi connectivity index (χ2v) is 7.19. The van der Waals surface area contributed by atoms with E-state index in [4.69, 9.17) is 5.26 Å². The number of rotatable bonds is 5. The molecule has 22 heavy (non-hydrogen) atoms. The third-order valence-corrected chi connectivity index (χ3v) is 5.66. The minimum atomic E-state index is 0.116. The van der Waals surface area contributed by atoms with Crippen LogP contribution in [0.3, 0.4) is 0 Å². The highest BCUT2D eigenvalue weighted by Crippen LogP contribution is 2.29. The fourth-order valence-corrected chi connectivity index (χ4v) is 3.89. The lowest BCUT2D eigenvalue weighted by Crippen LogP contribution is -2.44. The third-order valence-electron chi connectivity index (χ3n) is 4.68. The van der Waals surface area contributed by atoms with Gasteiger partial charge in [0.2, 0.25) is 5.91 Å². The van der Waals surface area contributed by atoms with Crippen molar-refractivity contribution >= 4 is 17.7 Å². The number of nitrogens with one attached hydrogen (secondary N) is 1. The quantitative estimate of drug-likeness (QED) is 0.900. The molecule has 1 aromatic carbocycles. The first-order valence-corrected chi connectivity index (χ1v) is 9.12. The van der Waals surface area contributed by atoms with Crippen LogP contribution in [0.25, 0.3) is 0 Å². The van der Waals surface area contributed by atoms with E-state index in [0.29, 0.717) is 34.9 Å². The van der Waals surface area contributed by atoms with Gasteiger partial charge in [0.1, 0.15) is 0 Å². The number of benzene rings is 1. The van der Waals surface area contributed by atoms with E-state index in [0.717, 1.165) is 12.0 Å². The molecule has 4 heteroatoms. The van der Waals surface area contributed by atoms with Gasteiger partial charge in [0.25, 0.3) is 0 Å². The minimum Gasteiger partial charge on any atom is -0.352 e. The molecule has 2 rings (SSSR count). The fourth-order valence-electron chi connectivity index (χ4n) is 3.04. The molecule has 0 spiro atoms. The van der Waals surface area contributed by atoms with Crippen molar-refractivity contribution in [2.75, 3.05) is 5.75 Å². The zero-order chi connectivity index (χ0) is 15.9. The van der Waals surface area contributed by atoms with Crippen LogP contribution in [-0.4, -0.2) is 17.7 Å². The van der Waals surface area contributed by atoms with Crippen molar-refractivity contribution in [1.29, 1.82) is 5.26 Å². The molecule has 1 aromatic rings. The van der Waals surface area contributed by atoms with E-state index in [1.807, 2.05) is 24.3 Å². The van der Waals surface area contributed by atoms with Crippen LogP contribution in [0, 0.1) is 23.2 Å². The predicted molar refractivity (Wildman–Crippen MR) is 91.4 cm³/mol. The Kier molecular flexibility index (Phi) is 6.33. The molecule has 0 bridgehead atoms. The highest BCUT2D eigenvalue weighted by molar-refractivity contribution is 7.99. The second-order valence-electron chi connectivity index (χ2n) is 6.20. The smallest absolute Gasteiger partial charge is 0.230 e. The van der Waals surface area contributed by atoms with E-state index in [1.165, 1.54) is 12.8 Å². The lowest BCUT2D eigenvalue weighted by molar-refractivity contribution is -0.119. The van der Waals surface area contributed by atoms with Crippen molar-refractivity contribution in [1.82, 2.24) is 5.32 Å². The molecule has 0 saturated heterocycles. The van der Waals surface area contributed by atoms with Gasteiger partial charge in [-0.15, -0.1) is 11.8 Å². The van der Waals surface area contributed by atoms with Crippen LogP contribution >= 0.6 is 11.8 Å². The van der Waals surface area contributed by atoms with Crippen molar-refractivity contribution in [3.8, 4) is 6.07 Å². The monoisotopic (exact) mass is 316 g/mol. The summed E-state index contributed by atoms with van der Waals surface area (Å²) in [7, 11) is 0. The maximum absolute atomic E-state index is 12.1. The summed E-state index contributed by atoms with van der Waals surface area (Å²) < 4.78 is 0. The first-order valence-electron chi connectivity index (χ1n) is 7.97. The van der Waals surface area contributed by atoms with Gasteiger partial charge in [0, 0.05) is 11.8 Å². The van der Waals surface area contributed by atoms with Gasteiger partial charge in [-0.05, 0) is 29.9 Å². The van der Waals surface area contributed by atoms with E-state index in [-0.39, 0.29) is 5.91 Å². The van der Waals surface area contributed by atoms with Crippen molar-refractivity contribution in [3.63, 3.8) is 0 Å². The molecule has 1 aliphatic rings. The lowest BCUT2D eigenvalue weighted by atomic mass is 9.78. The molecule has 0 aliphatic heterocycles. The third kappa shape index (κ3) is 4.51. The molecule has 1 fully saturated rings. The van der Waals surface area contributed by atoms with E-state index in [9.17, 15) is 4.79 Å². The van der Waals surface area contributed by atoms with E-state index >= 15 is 0 Å². The summed E-state index contributed by atoms with van der Waals surface area (Å²) in [6.45, 7) is 4.52. The molecule has 1 saturated carbocycles. The zero-order valence-corrected chi connectivity index (χ0v) is 14.2. The summed E-state index contributed by atoms with van der Waals surface area (Å²) >= 11 is 1.57. The maximum Gasteiger partial charge on any atom is 0.230 e. The van der Waals surface area contributed by atoms with Crippen molar-refractivity contribution in [3.05, 3.63) is 35.4 Å². The zero-order valence-electron chi connectivity index (χ0n) is 13.3. The minimum absolute atomic E-state index is 0.116. The predicted octanol–water partition coefficient (Wildman–Crippen LogP) is 3.73. The Morgan fingerprint density at radius 3 is 2.91 bits per heavy atom. The molecule has 1 amide bonds. The highest BCUT2D eigenvalue weighted by Gasteiger charge is 2.27. The first-order chi connectivity index (χ1) is 10.6. The van der Waals surface area contributed by atoms with Crippen LogP contribution in [0.2, 0.25) is 0 Å². The van der Waals surface area contributed by atoms with Gasteiger partial charge in [-0.1, -0.05) is 44.9 Å². The summed E-state index contributed by atoms with van der Waals surface area (Å²) in [5.74, 6) is 2.52. The standard InChI is InChI=1S/C18H24N2OS/c1-13-6-5-9-17(14(13)2)20-18(21)12-22-11-16-8-4-3-7-15(16)10-19/h3-4,7-8,13-14,17H,5-6,9,11-12H2,1-2H3,(H,20,21)/t13-,14-,17+/m1/s1. The van der Waals surface area contributed by atoms with Crippen LogP contribution in [0.1, 0.15) is 44.2 Å². The number of thioether (sulfide) groups is 1. The van der Waals surface area contributed by atoms with Crippen LogP contribution in [-0.2, 0) is 10.5 Å². The van der Waals surface area contributed by atoms with E-state index < -0.39 is 0 Å². The lowest BCUT2D eigenvalue weighted by Gasteiger charge is -2.34. The van der Waals surface area contributed by atoms with E-state index in [1.54, 1.807) is 11.8 Å². The number of hydrogen-bond donors (Lipinski definition) is 1. The molecule has 3 nitrogen and oxygen atoms in total. The highest BCUT2D eigenvalue weighted by atomic mass is 32.2. The molecule has 1 aliphatic carbocycles. The Morgan fingerprint density at radius 1 is 1.36 bits per heavy atom. The van der Waals surface area contributed by atoms with Crippen LogP contribution < -0.4 is 5.32 Å². The van der Waals surface area contributed by atoms with Crippen molar-refractivity contribution in [2.45, 2.75) is 44.9 Å². The normalized spacial score (nSPS) is 24.5. The number of nitrogens with zero attached hydrogens (tertiary/aromatic N) is 1. The largest absolute Gasteiger partial charge is 0.352 e. The van der Waals surface area contributed by atoms with Crippen molar-refractivity contribution in [2.24, 2.45) is 11.8 Å². The van der Waals surface area contributed by atoms with Crippen molar-refractivity contribution < 1.29 is 4.79 Å². The first kappa shape index (κ1) is 16.9. The van der Waals surface area contributed by atoms with Crippen LogP contribution in [0.5, 0.6) is 0 Å². The number of hydrogen-bond acceptors (Lipinski definition) is 3. The Labute approximate surface area is 137 Å². The molecular weight excluding hydrogens is 292 g/mol. The Balaban J connectivity index is 1.77. The summed E-state index contributed by atoms with van der Waals surface area (Å²) in [5.41, 5.74) is 1.70. The topological polar surface area (TPSA) is 52.9 Å². The Morgan fingerprint density at radius 2 is 2.14 bits per heavy atom. The van der Waals surface area contributed by atoms with Crippen LogP contribution in [0.4, 0.5) is 0 Å². The molecule has 0 aromatic heterocycles. The Hall–Kier alpha value is -1.47. The fraction of sp³-hybridized carbons (Fsp3) is 0.556. The molecule has 118 valence electrons. The molecule has 0 heterocycles. The maximum atomic E-state index is 12.1. The molecule has 3 atom stereocenters. The number of nitriles is 1. The Bertz CT molecular complexity index is 552. The van der Waals surface area contributed by atoms with Gasteiger partial charge in [0.15, 0.2) is 0 Å². The average molecular weight is 316 g/mol. The van der Waals surface area contributed by atoms with Crippen LogP contribution in [0.15, 0.2) is 24.3 Å².